The second-order valence-corrected chi connectivity index (χ2v) is 7.82. The molecule has 3 N–H and O–H groups in total. The van der Waals surface area contributed by atoms with E-state index in [9.17, 15) is 18.0 Å². The van der Waals surface area contributed by atoms with Gasteiger partial charge in [0.25, 0.3) is 0 Å². The van der Waals surface area contributed by atoms with Crippen LogP contribution in [0.1, 0.15) is 16.1 Å². The molecule has 0 bridgehead atoms. The van der Waals surface area contributed by atoms with E-state index < -0.39 is 34.6 Å². The Morgan fingerprint density at radius 2 is 2.14 bits per heavy atom. The maximum atomic E-state index is 12.1. The summed E-state index contributed by atoms with van der Waals surface area (Å²) in [6.45, 7) is -0.488. The Hall–Kier alpha value is -1.01. The second-order valence-electron chi connectivity index (χ2n) is 3.76. The number of methoxy groups -OCH3 is 1. The van der Waals surface area contributed by atoms with E-state index in [0.29, 0.717) is 0 Å². The van der Waals surface area contributed by atoms with Gasteiger partial charge in [-0.3, -0.25) is 4.79 Å². The third-order valence-corrected chi connectivity index (χ3v) is 6.05. The SMILES string of the molecule is COC(=O)c1cc(S(=O)(=O)NC(CCO)C(=O)O)c(Br)s1. The molecule has 118 valence electrons. The van der Waals surface area contributed by atoms with E-state index in [1.54, 1.807) is 0 Å². The first-order valence-corrected chi connectivity index (χ1v) is 8.55. The Kier molecular flexibility index (Phi) is 6.28. The van der Waals surface area contributed by atoms with Crippen LogP contribution in [0.2, 0.25) is 0 Å². The van der Waals surface area contributed by atoms with Crippen LogP contribution in [0.25, 0.3) is 0 Å². The van der Waals surface area contributed by atoms with Gasteiger partial charge in [0.1, 0.15) is 15.8 Å². The van der Waals surface area contributed by atoms with Gasteiger partial charge in [-0.25, -0.2) is 13.2 Å². The number of halogens is 1. The molecule has 0 aliphatic carbocycles. The Balaban J connectivity index is 3.10. The summed E-state index contributed by atoms with van der Waals surface area (Å²) >= 11 is 3.86. The number of aliphatic hydroxyl groups excluding tert-OH is 1. The molecule has 0 spiro atoms. The van der Waals surface area contributed by atoms with Crippen LogP contribution in [-0.4, -0.2) is 50.3 Å². The lowest BCUT2D eigenvalue weighted by Gasteiger charge is -2.13. The van der Waals surface area contributed by atoms with Crippen LogP contribution < -0.4 is 4.72 Å². The molecule has 0 radical (unpaired) electrons. The van der Waals surface area contributed by atoms with Gasteiger partial charge in [0, 0.05) is 6.61 Å². The van der Waals surface area contributed by atoms with E-state index in [4.69, 9.17) is 10.2 Å². The van der Waals surface area contributed by atoms with Crippen molar-refractivity contribution in [2.75, 3.05) is 13.7 Å². The van der Waals surface area contributed by atoms with Crippen molar-refractivity contribution in [3.63, 3.8) is 0 Å². The van der Waals surface area contributed by atoms with E-state index >= 15 is 0 Å². The minimum absolute atomic E-state index is 0.0544. The van der Waals surface area contributed by atoms with Crippen LogP contribution in [0.15, 0.2) is 14.7 Å². The summed E-state index contributed by atoms with van der Waals surface area (Å²) < 4.78 is 30.9. The zero-order valence-electron chi connectivity index (χ0n) is 10.7. The average molecular weight is 402 g/mol. The third kappa shape index (κ3) is 4.48. The molecule has 0 saturated heterocycles. The second kappa shape index (κ2) is 7.31. The molecular formula is C10H12BrNO7S2. The molecule has 8 nitrogen and oxygen atoms in total. The number of ether oxygens (including phenoxy) is 1. The lowest BCUT2D eigenvalue weighted by molar-refractivity contribution is -0.139. The number of hydrogen-bond donors (Lipinski definition) is 3. The third-order valence-electron chi connectivity index (χ3n) is 2.34. The summed E-state index contributed by atoms with van der Waals surface area (Å²) in [6, 6.07) is -0.380. The van der Waals surface area contributed by atoms with Crippen LogP contribution in [0, 0.1) is 0 Å². The van der Waals surface area contributed by atoms with E-state index in [1.165, 1.54) is 0 Å². The minimum Gasteiger partial charge on any atom is -0.480 e. The monoisotopic (exact) mass is 401 g/mol. The molecule has 0 amide bonds. The molecule has 1 rings (SSSR count). The first-order chi connectivity index (χ1) is 9.72. The summed E-state index contributed by atoms with van der Waals surface area (Å²) in [7, 11) is -3.01. The van der Waals surface area contributed by atoms with Crippen LogP contribution >= 0.6 is 27.3 Å². The topological polar surface area (TPSA) is 130 Å². The van der Waals surface area contributed by atoms with Gasteiger partial charge in [-0.1, -0.05) is 0 Å². The smallest absolute Gasteiger partial charge is 0.348 e. The molecule has 0 aliphatic rings. The summed E-state index contributed by atoms with van der Waals surface area (Å²) in [5.74, 6) is -2.11. The number of thiophene rings is 1. The Bertz CT molecular complexity index is 640. The molecule has 1 atom stereocenters. The van der Waals surface area contributed by atoms with Crippen LogP contribution in [-0.2, 0) is 19.6 Å². The van der Waals surface area contributed by atoms with Gasteiger partial charge in [0.05, 0.1) is 10.9 Å². The molecule has 0 aromatic carbocycles. The van der Waals surface area contributed by atoms with Crippen LogP contribution in [0.5, 0.6) is 0 Å². The highest BCUT2D eigenvalue weighted by Gasteiger charge is 2.29. The maximum absolute atomic E-state index is 12.1. The molecule has 1 aromatic rings. The minimum atomic E-state index is -4.16. The normalized spacial score (nSPS) is 12.9. The van der Waals surface area contributed by atoms with Crippen molar-refractivity contribution < 1.29 is 33.0 Å². The standard InChI is InChI=1S/C10H12BrNO7S2/c1-19-10(16)6-4-7(8(11)20-6)21(17,18)12-5(2-3-13)9(14)15/h4-5,12-13H,2-3H2,1H3,(H,14,15). The van der Waals surface area contributed by atoms with Crippen molar-refractivity contribution in [1.29, 1.82) is 0 Å². The first kappa shape index (κ1) is 18.0. The van der Waals surface area contributed by atoms with E-state index in [2.05, 4.69) is 20.7 Å². The summed E-state index contributed by atoms with van der Waals surface area (Å²) in [6.07, 6.45) is -0.278. The molecule has 1 aromatic heterocycles. The summed E-state index contributed by atoms with van der Waals surface area (Å²) in [5, 5.41) is 17.6. The van der Waals surface area contributed by atoms with Crippen molar-refractivity contribution >= 4 is 49.2 Å². The van der Waals surface area contributed by atoms with Crippen molar-refractivity contribution in [1.82, 2.24) is 4.72 Å². The first-order valence-electron chi connectivity index (χ1n) is 5.46. The average Bonchev–Trinajstić information content (AvgIpc) is 2.80. The fourth-order valence-corrected chi connectivity index (χ4v) is 5.06. The van der Waals surface area contributed by atoms with Gasteiger partial charge in [0.15, 0.2) is 0 Å². The van der Waals surface area contributed by atoms with Crippen molar-refractivity contribution in [3.05, 3.63) is 14.7 Å². The quantitative estimate of drug-likeness (QED) is 0.564. The number of aliphatic hydroxyl groups is 1. The Morgan fingerprint density at radius 1 is 1.52 bits per heavy atom. The molecule has 21 heavy (non-hydrogen) atoms. The Morgan fingerprint density at radius 3 is 2.62 bits per heavy atom. The number of rotatable bonds is 7. The Labute approximate surface area is 132 Å². The van der Waals surface area contributed by atoms with Gasteiger partial charge in [-0.15, -0.1) is 11.3 Å². The van der Waals surface area contributed by atoms with E-state index in [0.717, 1.165) is 24.5 Å². The van der Waals surface area contributed by atoms with Gasteiger partial charge in [-0.2, -0.15) is 4.72 Å². The fourth-order valence-electron chi connectivity index (χ4n) is 1.35. The summed E-state index contributed by atoms with van der Waals surface area (Å²) in [5.41, 5.74) is 0. The van der Waals surface area contributed by atoms with Gasteiger partial charge < -0.3 is 14.9 Å². The van der Waals surface area contributed by atoms with Crippen molar-refractivity contribution in [3.8, 4) is 0 Å². The molecular weight excluding hydrogens is 390 g/mol. The number of esters is 1. The lowest BCUT2D eigenvalue weighted by atomic mass is 10.2. The highest BCUT2D eigenvalue weighted by Crippen LogP contribution is 2.32. The predicted octanol–water partition coefficient (Wildman–Crippen LogP) is 0.411. The predicted molar refractivity (Wildman–Crippen MR) is 76.8 cm³/mol. The molecule has 0 fully saturated rings. The zero-order valence-corrected chi connectivity index (χ0v) is 13.9. The number of carbonyl (C=O) groups excluding carboxylic acids is 1. The highest BCUT2D eigenvalue weighted by atomic mass is 79.9. The molecule has 0 saturated carbocycles. The molecule has 11 heteroatoms. The maximum Gasteiger partial charge on any atom is 0.348 e. The van der Waals surface area contributed by atoms with Crippen molar-refractivity contribution in [2.45, 2.75) is 17.4 Å². The number of sulfonamides is 1. The number of aliphatic carboxylic acids is 1. The fraction of sp³-hybridized carbons (Fsp3) is 0.400. The number of carboxylic acids is 1. The zero-order chi connectivity index (χ0) is 16.2. The number of nitrogens with one attached hydrogen (secondary N) is 1. The van der Waals surface area contributed by atoms with Gasteiger partial charge in [-0.05, 0) is 28.4 Å². The summed E-state index contributed by atoms with van der Waals surface area (Å²) in [4.78, 5) is 22.1. The molecule has 1 unspecified atom stereocenters. The number of hydrogen-bond acceptors (Lipinski definition) is 7. The van der Waals surface area contributed by atoms with Crippen molar-refractivity contribution in [2.24, 2.45) is 0 Å². The van der Waals surface area contributed by atoms with Crippen LogP contribution in [0.3, 0.4) is 0 Å². The van der Waals surface area contributed by atoms with E-state index in [1.807, 2.05) is 4.72 Å². The highest BCUT2D eigenvalue weighted by molar-refractivity contribution is 9.11. The van der Waals surface area contributed by atoms with Gasteiger partial charge in [0.2, 0.25) is 10.0 Å². The number of carboxylic acid groups (broad SMARTS) is 1. The van der Waals surface area contributed by atoms with E-state index in [-0.39, 0.29) is 20.0 Å². The molecule has 0 aliphatic heterocycles. The number of carbonyl (C=O) groups is 2. The van der Waals surface area contributed by atoms with Gasteiger partial charge >= 0.3 is 11.9 Å². The van der Waals surface area contributed by atoms with Crippen LogP contribution in [0.4, 0.5) is 0 Å². The largest absolute Gasteiger partial charge is 0.480 e. The molecule has 1 heterocycles. The lowest BCUT2D eigenvalue weighted by Crippen LogP contribution is -2.41.